The fraction of sp³-hybridized carbons (Fsp3) is 0.364. The van der Waals surface area contributed by atoms with E-state index in [-0.39, 0.29) is 12.5 Å². The lowest BCUT2D eigenvalue weighted by molar-refractivity contribution is 0.0955. The third-order valence-corrected chi connectivity index (χ3v) is 2.23. The lowest BCUT2D eigenvalue weighted by Crippen LogP contribution is -2.22. The number of azide groups is 1. The summed E-state index contributed by atoms with van der Waals surface area (Å²) in [7, 11) is 0. The smallest absolute Gasteiger partial charge is 0.251 e. The maximum absolute atomic E-state index is 11.6. The van der Waals surface area contributed by atoms with Crippen LogP contribution >= 0.6 is 0 Å². The second-order valence-corrected chi connectivity index (χ2v) is 3.39. The Hall–Kier alpha value is -2.04. The van der Waals surface area contributed by atoms with Gasteiger partial charge in [0.05, 0.1) is 12.6 Å². The second-order valence-electron chi connectivity index (χ2n) is 3.39. The monoisotopic (exact) mass is 234 g/mol. The van der Waals surface area contributed by atoms with E-state index in [1.165, 1.54) is 0 Å². The Balaban J connectivity index is 2.99. The van der Waals surface area contributed by atoms with Crippen LogP contribution in [0.25, 0.3) is 10.4 Å². The van der Waals surface area contributed by atoms with Crippen LogP contribution in [-0.2, 0) is 0 Å². The van der Waals surface area contributed by atoms with E-state index in [0.717, 1.165) is 0 Å². The third-order valence-electron chi connectivity index (χ3n) is 2.23. The van der Waals surface area contributed by atoms with Gasteiger partial charge >= 0.3 is 0 Å². The molecule has 0 heterocycles. The highest BCUT2D eigenvalue weighted by Gasteiger charge is 2.11. The van der Waals surface area contributed by atoms with Gasteiger partial charge in [0.1, 0.15) is 0 Å². The van der Waals surface area contributed by atoms with E-state index in [0.29, 0.717) is 17.7 Å². The number of amides is 1. The Morgan fingerprint density at radius 1 is 1.65 bits per heavy atom. The number of nitrogens with one attached hydrogen (secondary N) is 1. The number of carbonyl (C=O) groups is 1. The second kappa shape index (κ2) is 6.52. The molecule has 0 aromatic heterocycles. The molecule has 0 saturated heterocycles. The van der Waals surface area contributed by atoms with Crippen molar-refractivity contribution in [3.63, 3.8) is 0 Å². The summed E-state index contributed by atoms with van der Waals surface area (Å²) in [5.74, 6) is -0.188. The molecule has 0 aliphatic carbocycles. The molecule has 0 bridgehead atoms. The third kappa shape index (κ3) is 3.48. The Morgan fingerprint density at radius 2 is 2.41 bits per heavy atom. The van der Waals surface area contributed by atoms with Crippen molar-refractivity contribution in [2.24, 2.45) is 5.11 Å². The molecule has 1 rings (SSSR count). The number of hydrogen-bond donors (Lipinski definition) is 2. The predicted molar refractivity (Wildman–Crippen MR) is 63.4 cm³/mol. The zero-order valence-electron chi connectivity index (χ0n) is 9.50. The number of hydrogen-bond acceptors (Lipinski definition) is 3. The van der Waals surface area contributed by atoms with Crippen molar-refractivity contribution in [3.8, 4) is 0 Å². The van der Waals surface area contributed by atoms with Gasteiger partial charge in [-0.1, -0.05) is 17.2 Å². The summed E-state index contributed by atoms with van der Waals surface area (Å²) < 4.78 is 0. The van der Waals surface area contributed by atoms with Crippen LogP contribution in [0.2, 0.25) is 0 Å². The number of nitrogens with zero attached hydrogens (tertiary/aromatic N) is 3. The van der Waals surface area contributed by atoms with Crippen LogP contribution in [0.1, 0.15) is 28.9 Å². The van der Waals surface area contributed by atoms with E-state index in [1.807, 2.05) is 6.92 Å². The van der Waals surface area contributed by atoms with E-state index >= 15 is 0 Å². The minimum atomic E-state index is -0.658. The van der Waals surface area contributed by atoms with Crippen molar-refractivity contribution in [1.82, 2.24) is 5.32 Å². The summed E-state index contributed by atoms with van der Waals surface area (Å²) in [6.45, 7) is 2.09. The molecule has 1 atom stereocenters. The first kappa shape index (κ1) is 13.0. The summed E-state index contributed by atoms with van der Waals surface area (Å²) in [4.78, 5) is 14.2. The van der Waals surface area contributed by atoms with Gasteiger partial charge in [0.15, 0.2) is 0 Å². The summed E-state index contributed by atoms with van der Waals surface area (Å²) in [5.41, 5.74) is 9.46. The van der Waals surface area contributed by atoms with Crippen molar-refractivity contribution >= 4 is 5.91 Å². The van der Waals surface area contributed by atoms with E-state index in [4.69, 9.17) is 10.6 Å². The molecule has 6 nitrogen and oxygen atoms in total. The van der Waals surface area contributed by atoms with Crippen molar-refractivity contribution < 1.29 is 9.90 Å². The average Bonchev–Trinajstić information content (AvgIpc) is 2.36. The molecule has 6 heteroatoms. The molecule has 0 aliphatic heterocycles. The largest absolute Gasteiger partial charge is 0.396 e. The maximum Gasteiger partial charge on any atom is 0.251 e. The van der Waals surface area contributed by atoms with Gasteiger partial charge in [-0.05, 0) is 30.2 Å². The maximum atomic E-state index is 11.6. The van der Waals surface area contributed by atoms with E-state index < -0.39 is 6.04 Å². The molecule has 17 heavy (non-hydrogen) atoms. The molecule has 0 aliphatic rings. The number of carbonyl (C=O) groups excluding carboxylic acids is 1. The number of rotatable bonds is 5. The van der Waals surface area contributed by atoms with Crippen molar-refractivity contribution in [2.75, 3.05) is 13.2 Å². The van der Waals surface area contributed by atoms with E-state index in [1.54, 1.807) is 24.3 Å². The summed E-state index contributed by atoms with van der Waals surface area (Å²) in [6, 6.07) is 6.02. The summed E-state index contributed by atoms with van der Waals surface area (Å²) >= 11 is 0. The van der Waals surface area contributed by atoms with E-state index in [9.17, 15) is 4.79 Å². The Labute approximate surface area is 98.9 Å². The molecule has 1 amide bonds. The fourth-order valence-electron chi connectivity index (χ4n) is 1.42. The standard InChI is InChI=1S/C11H14N4O2/c1-2-13-11(17)9-5-3-4-8(6-9)10(7-16)14-15-12/h3-6,10,16H,2,7H2,1H3,(H,13,17). The van der Waals surface area contributed by atoms with Gasteiger partial charge in [0.2, 0.25) is 0 Å². The quantitative estimate of drug-likeness (QED) is 0.461. The molecule has 1 unspecified atom stereocenters. The molecule has 0 radical (unpaired) electrons. The highest BCUT2D eigenvalue weighted by Crippen LogP contribution is 2.18. The first-order chi connectivity index (χ1) is 8.22. The van der Waals surface area contributed by atoms with E-state index in [2.05, 4.69) is 15.3 Å². The van der Waals surface area contributed by atoms with Crippen LogP contribution in [0.15, 0.2) is 29.4 Å². The Kier molecular flexibility index (Phi) is 5.00. The molecule has 2 N–H and O–H groups in total. The van der Waals surface area contributed by atoms with Crippen LogP contribution in [0.5, 0.6) is 0 Å². The van der Waals surface area contributed by atoms with Crippen molar-refractivity contribution in [2.45, 2.75) is 13.0 Å². The van der Waals surface area contributed by atoms with Crippen molar-refractivity contribution in [1.29, 1.82) is 0 Å². The highest BCUT2D eigenvalue weighted by molar-refractivity contribution is 5.94. The van der Waals surface area contributed by atoms with Crippen molar-refractivity contribution in [3.05, 3.63) is 45.8 Å². The molecule has 0 saturated carbocycles. The fourth-order valence-corrected chi connectivity index (χ4v) is 1.42. The zero-order chi connectivity index (χ0) is 12.7. The molecule has 0 spiro atoms. The number of benzene rings is 1. The first-order valence-electron chi connectivity index (χ1n) is 5.26. The molecule has 0 fully saturated rings. The van der Waals surface area contributed by atoms with Crippen LogP contribution < -0.4 is 5.32 Å². The molecular formula is C11H14N4O2. The topological polar surface area (TPSA) is 98.1 Å². The number of aliphatic hydroxyl groups excluding tert-OH is 1. The van der Waals surface area contributed by atoms with Gasteiger partial charge in [0.25, 0.3) is 5.91 Å². The first-order valence-corrected chi connectivity index (χ1v) is 5.26. The SMILES string of the molecule is CCNC(=O)c1cccc(C(CO)N=[N+]=[N-])c1. The highest BCUT2D eigenvalue weighted by atomic mass is 16.3. The normalized spacial score (nSPS) is 11.4. The zero-order valence-corrected chi connectivity index (χ0v) is 9.50. The molecule has 90 valence electrons. The van der Waals surface area contributed by atoms with Gasteiger partial charge < -0.3 is 10.4 Å². The van der Waals surface area contributed by atoms with Crippen LogP contribution in [-0.4, -0.2) is 24.2 Å². The minimum Gasteiger partial charge on any atom is -0.396 e. The van der Waals surface area contributed by atoms with Gasteiger partial charge in [-0.25, -0.2) is 0 Å². The predicted octanol–water partition coefficient (Wildman–Crippen LogP) is 1.78. The van der Waals surface area contributed by atoms with Gasteiger partial charge in [0, 0.05) is 17.0 Å². The summed E-state index contributed by atoms with van der Waals surface area (Å²) in [6.07, 6.45) is 0. The Morgan fingerprint density at radius 3 is 3.00 bits per heavy atom. The number of aliphatic hydroxyl groups is 1. The average molecular weight is 234 g/mol. The van der Waals surface area contributed by atoms with Gasteiger partial charge in [-0.2, -0.15) is 0 Å². The molecule has 1 aromatic carbocycles. The van der Waals surface area contributed by atoms with Crippen LogP contribution in [0, 0.1) is 0 Å². The minimum absolute atomic E-state index is 0.188. The summed E-state index contributed by atoms with van der Waals surface area (Å²) in [5, 5.41) is 15.2. The van der Waals surface area contributed by atoms with Crippen LogP contribution in [0.4, 0.5) is 0 Å². The lowest BCUT2D eigenvalue weighted by Gasteiger charge is -2.09. The van der Waals surface area contributed by atoms with Crippen LogP contribution in [0.3, 0.4) is 0 Å². The molecule has 1 aromatic rings. The lowest BCUT2D eigenvalue weighted by atomic mass is 10.0. The van der Waals surface area contributed by atoms with Gasteiger partial charge in [-0.3, -0.25) is 4.79 Å². The molecular weight excluding hydrogens is 220 g/mol. The van der Waals surface area contributed by atoms with Gasteiger partial charge in [-0.15, -0.1) is 0 Å². The Bertz CT molecular complexity index is 441.